The van der Waals surface area contributed by atoms with E-state index in [1.807, 2.05) is 24.3 Å². The molecule has 0 fully saturated rings. The predicted molar refractivity (Wildman–Crippen MR) is 120 cm³/mol. The molecule has 29 heavy (non-hydrogen) atoms. The number of phenols is 1. The number of nitrogens with zero attached hydrogens (tertiary/aromatic N) is 1. The van der Waals surface area contributed by atoms with Gasteiger partial charge in [0.2, 0.25) is 0 Å². The molecule has 0 amide bonds. The van der Waals surface area contributed by atoms with Gasteiger partial charge in [-0.2, -0.15) is 0 Å². The Labute approximate surface area is 181 Å². The Morgan fingerprint density at radius 3 is 2.48 bits per heavy atom. The van der Waals surface area contributed by atoms with Gasteiger partial charge in [-0.25, -0.2) is 0 Å². The first-order valence-corrected chi connectivity index (χ1v) is 10.5. The van der Waals surface area contributed by atoms with E-state index in [1.54, 1.807) is 18.2 Å². The Morgan fingerprint density at radius 1 is 1.00 bits per heavy atom. The number of nitrogens with one attached hydrogen (secondary N) is 1. The molecule has 0 saturated carbocycles. The number of hydrogen-bond acceptors (Lipinski definition) is 3. The van der Waals surface area contributed by atoms with Crippen LogP contribution in [0, 0.1) is 0 Å². The number of benzene rings is 3. The lowest BCUT2D eigenvalue weighted by Crippen LogP contribution is -2.33. The van der Waals surface area contributed by atoms with E-state index in [0.29, 0.717) is 16.5 Å². The summed E-state index contributed by atoms with van der Waals surface area (Å²) in [6.07, 6.45) is 1.32. The molecule has 0 radical (unpaired) electrons. The Kier molecular flexibility index (Phi) is 5.91. The Bertz CT molecular complexity index is 1050. The molecule has 3 aromatic carbocycles. The van der Waals surface area contributed by atoms with Crippen molar-refractivity contribution < 1.29 is 5.11 Å². The molecule has 4 rings (SSSR count). The highest BCUT2D eigenvalue weighted by Crippen LogP contribution is 2.37. The zero-order chi connectivity index (χ0) is 20.4. The summed E-state index contributed by atoms with van der Waals surface area (Å²) in [5, 5.41) is 15.2. The highest BCUT2D eigenvalue weighted by molar-refractivity contribution is 6.31. The van der Waals surface area contributed by atoms with Gasteiger partial charge in [-0.15, -0.1) is 0 Å². The second kappa shape index (κ2) is 8.58. The molecule has 1 aliphatic heterocycles. The average Bonchev–Trinajstić information content (AvgIpc) is 2.75. The first-order valence-electron chi connectivity index (χ1n) is 9.70. The van der Waals surface area contributed by atoms with Gasteiger partial charge in [-0.3, -0.25) is 10.3 Å². The van der Waals surface area contributed by atoms with Crippen molar-refractivity contribution in [1.29, 1.82) is 0 Å². The molecule has 0 aromatic heterocycles. The maximum atomic E-state index is 10.5. The topological polar surface area (TPSA) is 44.6 Å². The maximum absolute atomic E-state index is 10.5. The fourth-order valence-corrected chi connectivity index (χ4v) is 4.09. The van der Waals surface area contributed by atoms with Crippen molar-refractivity contribution in [3.05, 3.63) is 99.0 Å². The third kappa shape index (κ3) is 4.32. The van der Waals surface area contributed by atoms with Gasteiger partial charge < -0.3 is 5.11 Å². The average molecular weight is 425 g/mol. The number of hydrogen-bond donors (Lipinski definition) is 2. The van der Waals surface area contributed by atoms with Gasteiger partial charge in [0, 0.05) is 39.3 Å². The van der Waals surface area contributed by atoms with Crippen LogP contribution in [0.3, 0.4) is 0 Å². The molecule has 0 unspecified atom stereocenters. The molecule has 2 atom stereocenters. The van der Waals surface area contributed by atoms with Gasteiger partial charge in [0.15, 0.2) is 0 Å². The van der Waals surface area contributed by atoms with Crippen LogP contribution in [-0.4, -0.2) is 10.8 Å². The van der Waals surface area contributed by atoms with E-state index >= 15 is 0 Å². The molecule has 1 heterocycles. The van der Waals surface area contributed by atoms with Gasteiger partial charge in [-0.05, 0) is 41.8 Å². The molecular formula is C24H22Cl2N2O. The zero-order valence-corrected chi connectivity index (χ0v) is 17.6. The fourth-order valence-electron chi connectivity index (χ4n) is 3.67. The summed E-state index contributed by atoms with van der Waals surface area (Å²) in [5.41, 5.74) is 5.00. The number of aliphatic imine (C=N–C) groups is 1. The molecule has 0 saturated heterocycles. The van der Waals surface area contributed by atoms with Gasteiger partial charge in [0.1, 0.15) is 11.9 Å². The Hall–Kier alpha value is -2.33. The van der Waals surface area contributed by atoms with Crippen LogP contribution in [0.4, 0.5) is 0 Å². The van der Waals surface area contributed by atoms with Crippen LogP contribution in [0.15, 0.2) is 71.7 Å². The number of halogens is 2. The van der Waals surface area contributed by atoms with Crippen LogP contribution >= 0.6 is 23.2 Å². The molecule has 1 aliphatic rings. The summed E-state index contributed by atoms with van der Waals surface area (Å²) < 4.78 is 0. The molecule has 0 aliphatic carbocycles. The van der Waals surface area contributed by atoms with Crippen molar-refractivity contribution in [1.82, 2.24) is 5.32 Å². The Balaban J connectivity index is 1.77. The quantitative estimate of drug-likeness (QED) is 0.502. The van der Waals surface area contributed by atoms with Crippen molar-refractivity contribution in [2.24, 2.45) is 4.99 Å². The van der Waals surface area contributed by atoms with Gasteiger partial charge in [-0.1, -0.05) is 72.6 Å². The lowest BCUT2D eigenvalue weighted by atomic mass is 9.93. The van der Waals surface area contributed by atoms with Crippen LogP contribution < -0.4 is 5.32 Å². The standard InChI is InChI=1S/C24H22Cl2N2O/c1-2-15-7-9-16(10-8-15)21-14-22(19-13-17(25)11-12-23(19)29)28-24(27-21)18-5-3-4-6-20(18)26/h3-13,22,24,28-29H,2,14H2,1H3/t22-,24-/m1/s1. The van der Waals surface area contributed by atoms with Gasteiger partial charge in [0.25, 0.3) is 0 Å². The van der Waals surface area contributed by atoms with E-state index in [4.69, 9.17) is 28.2 Å². The normalized spacial score (nSPS) is 19.1. The van der Waals surface area contributed by atoms with Gasteiger partial charge >= 0.3 is 0 Å². The zero-order valence-electron chi connectivity index (χ0n) is 16.1. The predicted octanol–water partition coefficient (Wildman–Crippen LogP) is 6.48. The molecule has 3 aromatic rings. The highest BCUT2D eigenvalue weighted by Gasteiger charge is 2.28. The number of phenolic OH excluding ortho intramolecular Hbond substituents is 1. The van der Waals surface area contributed by atoms with E-state index in [2.05, 4.69) is 36.5 Å². The SMILES string of the molecule is CCc1ccc(C2=N[C@@H](c3ccccc3Cl)N[C@@H](c3cc(Cl)ccc3O)C2)cc1. The molecular weight excluding hydrogens is 403 g/mol. The third-order valence-corrected chi connectivity index (χ3v) is 5.88. The molecule has 0 bridgehead atoms. The number of aromatic hydroxyl groups is 1. The molecule has 5 heteroatoms. The first kappa shape index (κ1) is 20.0. The van der Waals surface area contributed by atoms with Crippen LogP contribution in [0.5, 0.6) is 5.75 Å². The summed E-state index contributed by atoms with van der Waals surface area (Å²) in [6, 6.07) is 21.2. The van der Waals surface area contributed by atoms with E-state index in [0.717, 1.165) is 28.8 Å². The summed E-state index contributed by atoms with van der Waals surface area (Å²) in [6.45, 7) is 2.14. The number of rotatable bonds is 4. The van der Waals surface area contributed by atoms with Crippen molar-refractivity contribution in [2.75, 3.05) is 0 Å². The molecule has 3 nitrogen and oxygen atoms in total. The summed E-state index contributed by atoms with van der Waals surface area (Å²) in [4.78, 5) is 4.97. The minimum absolute atomic E-state index is 0.145. The lowest BCUT2D eigenvalue weighted by molar-refractivity contribution is 0.413. The second-order valence-electron chi connectivity index (χ2n) is 7.18. The van der Waals surface area contributed by atoms with Crippen molar-refractivity contribution >= 4 is 28.9 Å². The molecule has 2 N–H and O–H groups in total. The summed E-state index contributed by atoms with van der Waals surface area (Å²) in [7, 11) is 0. The highest BCUT2D eigenvalue weighted by atomic mass is 35.5. The monoisotopic (exact) mass is 424 g/mol. The van der Waals surface area contributed by atoms with Crippen LogP contribution in [-0.2, 0) is 6.42 Å². The molecule has 148 valence electrons. The second-order valence-corrected chi connectivity index (χ2v) is 8.02. The van der Waals surface area contributed by atoms with Crippen LogP contribution in [0.2, 0.25) is 10.0 Å². The van der Waals surface area contributed by atoms with Crippen LogP contribution in [0.25, 0.3) is 0 Å². The first-order chi connectivity index (χ1) is 14.0. The largest absolute Gasteiger partial charge is 0.508 e. The molecule has 0 spiro atoms. The van der Waals surface area contributed by atoms with Crippen molar-refractivity contribution in [2.45, 2.75) is 32.0 Å². The minimum atomic E-state index is -0.318. The smallest absolute Gasteiger partial charge is 0.127 e. The third-order valence-electron chi connectivity index (χ3n) is 5.30. The fraction of sp³-hybridized carbons (Fsp3) is 0.208. The van der Waals surface area contributed by atoms with Crippen molar-refractivity contribution in [3.8, 4) is 5.75 Å². The van der Waals surface area contributed by atoms with E-state index in [1.165, 1.54) is 5.56 Å². The lowest BCUT2D eigenvalue weighted by Gasteiger charge is -2.31. The van der Waals surface area contributed by atoms with E-state index in [9.17, 15) is 5.11 Å². The minimum Gasteiger partial charge on any atom is -0.508 e. The van der Waals surface area contributed by atoms with Crippen molar-refractivity contribution in [3.63, 3.8) is 0 Å². The maximum Gasteiger partial charge on any atom is 0.127 e. The summed E-state index contributed by atoms with van der Waals surface area (Å²) >= 11 is 12.7. The Morgan fingerprint density at radius 2 is 1.76 bits per heavy atom. The number of aryl methyl sites for hydroxylation is 1. The van der Waals surface area contributed by atoms with E-state index < -0.39 is 0 Å². The summed E-state index contributed by atoms with van der Waals surface area (Å²) in [5.74, 6) is 0.215. The van der Waals surface area contributed by atoms with E-state index in [-0.39, 0.29) is 18.0 Å². The van der Waals surface area contributed by atoms with Gasteiger partial charge in [0.05, 0.1) is 0 Å². The van der Waals surface area contributed by atoms with Crippen LogP contribution in [0.1, 0.15) is 47.8 Å².